The Kier molecular flexibility index (Phi) is 6.23. The van der Waals surface area contributed by atoms with Crippen molar-refractivity contribution in [1.82, 2.24) is 9.97 Å². The predicted molar refractivity (Wildman–Crippen MR) is 106 cm³/mol. The van der Waals surface area contributed by atoms with Crippen LogP contribution in [0.15, 0.2) is 47.1 Å². The molecule has 0 spiro atoms. The summed E-state index contributed by atoms with van der Waals surface area (Å²) in [6, 6.07) is 11.3. The Labute approximate surface area is 167 Å². The number of esters is 2. The highest BCUT2D eigenvalue weighted by atomic mass is 16.5. The number of nitrogens with zero attached hydrogens (tertiary/aromatic N) is 2. The maximum absolute atomic E-state index is 12.5. The van der Waals surface area contributed by atoms with E-state index >= 15 is 0 Å². The molecule has 1 N–H and O–H groups in total. The zero-order chi connectivity index (χ0) is 20.8. The summed E-state index contributed by atoms with van der Waals surface area (Å²) in [7, 11) is 0. The standard InChI is InChI=1S/C21H21N3O5/c1-4-27-20(25)17-13(3)29-19(18(17)21(26)28-5-2)24-16-11-15(22-12-23-16)14-9-7-6-8-10-14/h6-12H,4-5H2,1-3H3,(H,22,23,24). The maximum Gasteiger partial charge on any atom is 0.344 e. The molecule has 3 aromatic rings. The number of nitrogens with one attached hydrogen (secondary N) is 1. The van der Waals surface area contributed by atoms with Crippen LogP contribution in [0.5, 0.6) is 0 Å². The molecule has 0 unspecified atom stereocenters. The number of furan rings is 1. The summed E-state index contributed by atoms with van der Waals surface area (Å²) < 4.78 is 15.8. The average molecular weight is 395 g/mol. The molecule has 0 amide bonds. The molecule has 0 fully saturated rings. The molecule has 0 aliphatic carbocycles. The average Bonchev–Trinajstić information content (AvgIpc) is 3.05. The highest BCUT2D eigenvalue weighted by molar-refractivity contribution is 6.07. The van der Waals surface area contributed by atoms with E-state index in [4.69, 9.17) is 13.9 Å². The molecular weight excluding hydrogens is 374 g/mol. The first-order valence-electron chi connectivity index (χ1n) is 9.17. The molecule has 0 aliphatic rings. The van der Waals surface area contributed by atoms with E-state index in [-0.39, 0.29) is 36.0 Å². The van der Waals surface area contributed by atoms with Gasteiger partial charge in [0.1, 0.15) is 29.0 Å². The van der Waals surface area contributed by atoms with Gasteiger partial charge in [0, 0.05) is 11.6 Å². The van der Waals surface area contributed by atoms with E-state index in [1.807, 2.05) is 30.3 Å². The molecule has 2 heterocycles. The Morgan fingerprint density at radius 3 is 2.31 bits per heavy atom. The van der Waals surface area contributed by atoms with Gasteiger partial charge in [-0.1, -0.05) is 30.3 Å². The van der Waals surface area contributed by atoms with Crippen molar-refractivity contribution in [3.63, 3.8) is 0 Å². The predicted octanol–water partition coefficient (Wildman–Crippen LogP) is 4.14. The molecule has 3 rings (SSSR count). The van der Waals surface area contributed by atoms with E-state index in [2.05, 4.69) is 15.3 Å². The van der Waals surface area contributed by atoms with Gasteiger partial charge in [-0.25, -0.2) is 19.6 Å². The van der Waals surface area contributed by atoms with Crippen LogP contribution in [-0.2, 0) is 9.47 Å². The Morgan fingerprint density at radius 1 is 1.00 bits per heavy atom. The fourth-order valence-electron chi connectivity index (χ4n) is 2.79. The molecule has 0 saturated carbocycles. The summed E-state index contributed by atoms with van der Waals surface area (Å²) >= 11 is 0. The van der Waals surface area contributed by atoms with Crippen LogP contribution < -0.4 is 5.32 Å². The first kappa shape index (κ1) is 20.1. The molecule has 0 saturated heterocycles. The van der Waals surface area contributed by atoms with Crippen molar-refractivity contribution >= 4 is 23.6 Å². The van der Waals surface area contributed by atoms with Gasteiger partial charge in [0.05, 0.1) is 18.9 Å². The fraction of sp³-hybridized carbons (Fsp3) is 0.238. The number of carbonyl (C=O) groups excluding carboxylic acids is 2. The number of carbonyl (C=O) groups is 2. The van der Waals surface area contributed by atoms with Crippen molar-refractivity contribution in [1.29, 1.82) is 0 Å². The number of aromatic nitrogens is 2. The maximum atomic E-state index is 12.5. The Hall–Kier alpha value is -3.68. The minimum absolute atomic E-state index is 0.0253. The quantitative estimate of drug-likeness (QED) is 0.595. The van der Waals surface area contributed by atoms with Crippen LogP contribution in [0.4, 0.5) is 11.7 Å². The van der Waals surface area contributed by atoms with E-state index < -0.39 is 11.9 Å². The lowest BCUT2D eigenvalue weighted by Gasteiger charge is -2.08. The van der Waals surface area contributed by atoms with Crippen molar-refractivity contribution in [3.05, 3.63) is 59.6 Å². The fourth-order valence-corrected chi connectivity index (χ4v) is 2.79. The minimum Gasteiger partial charge on any atom is -0.462 e. The van der Waals surface area contributed by atoms with Crippen molar-refractivity contribution in [2.24, 2.45) is 0 Å². The molecular formula is C21H21N3O5. The number of hydrogen-bond donors (Lipinski definition) is 1. The molecule has 0 aliphatic heterocycles. The van der Waals surface area contributed by atoms with Crippen molar-refractivity contribution in [3.8, 4) is 11.3 Å². The largest absolute Gasteiger partial charge is 0.462 e. The molecule has 1 aromatic carbocycles. The van der Waals surface area contributed by atoms with Gasteiger partial charge in [-0.15, -0.1) is 0 Å². The first-order chi connectivity index (χ1) is 14.0. The van der Waals surface area contributed by atoms with Gasteiger partial charge in [0.2, 0.25) is 5.88 Å². The van der Waals surface area contributed by atoms with Crippen LogP contribution in [0, 0.1) is 6.92 Å². The lowest BCUT2D eigenvalue weighted by atomic mass is 10.1. The minimum atomic E-state index is -0.688. The first-order valence-corrected chi connectivity index (χ1v) is 9.17. The zero-order valence-corrected chi connectivity index (χ0v) is 16.4. The molecule has 0 atom stereocenters. The van der Waals surface area contributed by atoms with Gasteiger partial charge >= 0.3 is 11.9 Å². The SMILES string of the molecule is CCOC(=O)c1c(C)oc(Nc2cc(-c3ccccc3)ncn2)c1C(=O)OCC. The van der Waals surface area contributed by atoms with Crippen LogP contribution in [0.2, 0.25) is 0 Å². The molecule has 0 bridgehead atoms. The number of aryl methyl sites for hydroxylation is 1. The van der Waals surface area contributed by atoms with E-state index in [0.29, 0.717) is 11.5 Å². The monoisotopic (exact) mass is 395 g/mol. The van der Waals surface area contributed by atoms with Crippen molar-refractivity contribution in [2.45, 2.75) is 20.8 Å². The third kappa shape index (κ3) is 4.43. The van der Waals surface area contributed by atoms with Crippen LogP contribution in [0.1, 0.15) is 40.3 Å². The summed E-state index contributed by atoms with van der Waals surface area (Å²) in [4.78, 5) is 33.3. The number of hydrogen-bond acceptors (Lipinski definition) is 8. The Bertz CT molecular complexity index is 1010. The molecule has 29 heavy (non-hydrogen) atoms. The smallest absolute Gasteiger partial charge is 0.344 e. The number of anilines is 2. The van der Waals surface area contributed by atoms with Gasteiger partial charge in [0.15, 0.2) is 0 Å². The normalized spacial score (nSPS) is 10.4. The second kappa shape index (κ2) is 9.01. The van der Waals surface area contributed by atoms with E-state index in [1.165, 1.54) is 6.33 Å². The van der Waals surface area contributed by atoms with Crippen molar-refractivity contribution < 1.29 is 23.5 Å². The van der Waals surface area contributed by atoms with E-state index in [9.17, 15) is 9.59 Å². The summed E-state index contributed by atoms with van der Waals surface area (Å²) in [6.45, 7) is 5.26. The third-order valence-electron chi connectivity index (χ3n) is 4.02. The molecule has 150 valence electrons. The van der Waals surface area contributed by atoms with Gasteiger partial charge in [-0.2, -0.15) is 0 Å². The topological polar surface area (TPSA) is 104 Å². The van der Waals surface area contributed by atoms with Crippen LogP contribution in [0.3, 0.4) is 0 Å². The van der Waals surface area contributed by atoms with Crippen molar-refractivity contribution in [2.75, 3.05) is 18.5 Å². The lowest BCUT2D eigenvalue weighted by Crippen LogP contribution is -2.14. The van der Waals surface area contributed by atoms with Gasteiger partial charge in [0.25, 0.3) is 0 Å². The highest BCUT2D eigenvalue weighted by Gasteiger charge is 2.30. The number of ether oxygens (including phenoxy) is 2. The lowest BCUT2D eigenvalue weighted by molar-refractivity contribution is 0.0480. The summed E-state index contributed by atoms with van der Waals surface area (Å²) in [6.07, 6.45) is 1.40. The second-order valence-corrected chi connectivity index (χ2v) is 5.96. The molecule has 8 heteroatoms. The Morgan fingerprint density at radius 2 is 1.66 bits per heavy atom. The summed E-state index contributed by atoms with van der Waals surface area (Å²) in [5.74, 6) is -0.647. The van der Waals surface area contributed by atoms with Crippen LogP contribution in [0.25, 0.3) is 11.3 Å². The molecule has 2 aromatic heterocycles. The van der Waals surface area contributed by atoms with E-state index in [1.54, 1.807) is 26.8 Å². The summed E-state index contributed by atoms with van der Waals surface area (Å²) in [5, 5.41) is 2.95. The molecule has 8 nitrogen and oxygen atoms in total. The van der Waals surface area contributed by atoms with E-state index in [0.717, 1.165) is 5.56 Å². The third-order valence-corrected chi connectivity index (χ3v) is 4.02. The number of benzene rings is 1. The second-order valence-electron chi connectivity index (χ2n) is 5.96. The molecule has 0 radical (unpaired) electrons. The Balaban J connectivity index is 2.00. The summed E-state index contributed by atoms with van der Waals surface area (Å²) in [5.41, 5.74) is 1.61. The van der Waals surface area contributed by atoms with Gasteiger partial charge < -0.3 is 19.2 Å². The highest BCUT2D eigenvalue weighted by Crippen LogP contribution is 2.31. The van der Waals surface area contributed by atoms with Crippen LogP contribution >= 0.6 is 0 Å². The van der Waals surface area contributed by atoms with Gasteiger partial charge in [-0.05, 0) is 20.8 Å². The van der Waals surface area contributed by atoms with Crippen LogP contribution in [-0.4, -0.2) is 35.1 Å². The van der Waals surface area contributed by atoms with Gasteiger partial charge in [-0.3, -0.25) is 0 Å². The number of rotatable bonds is 7. The zero-order valence-electron chi connectivity index (χ0n) is 16.4.